The average molecular weight is 305 g/mol. The molecule has 0 atom stereocenters. The molecule has 2 aromatic rings. The van der Waals surface area contributed by atoms with Crippen molar-refractivity contribution in [2.24, 2.45) is 0 Å². The van der Waals surface area contributed by atoms with Crippen LogP contribution in [0.4, 0.5) is 17.1 Å². The maximum Gasteiger partial charge on any atom is 0.267 e. The monoisotopic (exact) mass is 305 g/mol. The Bertz CT molecular complexity index is 595. The number of anilines is 3. The highest BCUT2D eigenvalue weighted by molar-refractivity contribution is 7.12. The number of hydrogen-bond donors (Lipinski definition) is 3. The van der Waals surface area contributed by atoms with E-state index in [1.807, 2.05) is 31.2 Å². The van der Waals surface area contributed by atoms with E-state index in [-0.39, 0.29) is 12.5 Å². The van der Waals surface area contributed by atoms with Crippen molar-refractivity contribution in [3.63, 3.8) is 0 Å². The molecule has 1 heterocycles. The molecule has 1 aromatic heterocycles. The highest BCUT2D eigenvalue weighted by Gasteiger charge is 2.11. The molecule has 0 saturated carbocycles. The van der Waals surface area contributed by atoms with Crippen molar-refractivity contribution >= 4 is 34.3 Å². The Labute approximate surface area is 128 Å². The molecule has 21 heavy (non-hydrogen) atoms. The lowest BCUT2D eigenvalue weighted by Gasteiger charge is -2.22. The molecule has 112 valence electrons. The van der Waals surface area contributed by atoms with Gasteiger partial charge in [-0.1, -0.05) is 0 Å². The lowest BCUT2D eigenvalue weighted by atomic mass is 10.2. The number of hydrogen-bond acceptors (Lipinski definition) is 5. The topological polar surface area (TPSA) is 78.6 Å². The first-order chi connectivity index (χ1) is 10.2. The first-order valence-electron chi connectivity index (χ1n) is 6.76. The minimum absolute atomic E-state index is 0.115. The highest BCUT2D eigenvalue weighted by Crippen LogP contribution is 2.22. The Morgan fingerprint density at radius 3 is 2.57 bits per heavy atom. The minimum atomic E-state index is -0.196. The summed E-state index contributed by atoms with van der Waals surface area (Å²) in [6.45, 7) is 3.56. The Balaban J connectivity index is 2.06. The molecule has 0 bridgehead atoms. The standard InChI is InChI=1S/C15H19N3O2S/c1-2-18(8-9-19)12-5-3-11(4-6-12)17-15(20)14-13(16)7-10-21-14/h3-7,10,19H,2,8-9,16H2,1H3,(H,17,20). The number of likely N-dealkylation sites (N-methyl/N-ethyl adjacent to an activating group) is 1. The summed E-state index contributed by atoms with van der Waals surface area (Å²) in [6, 6.07) is 9.25. The SMILES string of the molecule is CCN(CCO)c1ccc(NC(=O)c2sccc2N)cc1. The quantitative estimate of drug-likeness (QED) is 0.766. The van der Waals surface area contributed by atoms with Crippen LogP contribution in [-0.4, -0.2) is 30.7 Å². The lowest BCUT2D eigenvalue weighted by Crippen LogP contribution is -2.26. The van der Waals surface area contributed by atoms with Crippen LogP contribution < -0.4 is 16.0 Å². The molecule has 0 saturated heterocycles. The summed E-state index contributed by atoms with van der Waals surface area (Å²) in [5, 5.41) is 13.6. The summed E-state index contributed by atoms with van der Waals surface area (Å²) in [4.78, 5) is 14.6. The normalized spacial score (nSPS) is 10.4. The van der Waals surface area contributed by atoms with E-state index in [0.29, 0.717) is 17.1 Å². The first-order valence-corrected chi connectivity index (χ1v) is 7.64. The molecule has 0 fully saturated rings. The Morgan fingerprint density at radius 1 is 1.33 bits per heavy atom. The molecule has 4 N–H and O–H groups in total. The predicted molar refractivity (Wildman–Crippen MR) is 88.1 cm³/mol. The number of carbonyl (C=O) groups excluding carboxylic acids is 1. The molecule has 0 unspecified atom stereocenters. The first kappa shape index (κ1) is 15.3. The molecule has 0 aliphatic rings. The van der Waals surface area contributed by atoms with Crippen molar-refractivity contribution in [1.82, 2.24) is 0 Å². The Kier molecular flexibility index (Phi) is 5.19. The number of nitrogen functional groups attached to an aromatic ring is 1. The molecule has 0 aliphatic heterocycles. The largest absolute Gasteiger partial charge is 0.397 e. The van der Waals surface area contributed by atoms with Gasteiger partial charge in [-0.15, -0.1) is 11.3 Å². The number of benzene rings is 1. The molecule has 6 heteroatoms. The van der Waals surface area contributed by atoms with Crippen molar-refractivity contribution < 1.29 is 9.90 Å². The average Bonchev–Trinajstić information content (AvgIpc) is 2.92. The van der Waals surface area contributed by atoms with Crippen molar-refractivity contribution in [2.45, 2.75) is 6.92 Å². The minimum Gasteiger partial charge on any atom is -0.397 e. The molecule has 0 radical (unpaired) electrons. The van der Waals surface area contributed by atoms with Crippen molar-refractivity contribution in [3.05, 3.63) is 40.6 Å². The number of nitrogens with one attached hydrogen (secondary N) is 1. The van der Waals surface area contributed by atoms with Crippen LogP contribution in [0.15, 0.2) is 35.7 Å². The third kappa shape index (κ3) is 3.74. The van der Waals surface area contributed by atoms with Crippen LogP contribution in [0.5, 0.6) is 0 Å². The highest BCUT2D eigenvalue weighted by atomic mass is 32.1. The fourth-order valence-electron chi connectivity index (χ4n) is 2.04. The summed E-state index contributed by atoms with van der Waals surface area (Å²) in [5.41, 5.74) is 7.96. The van der Waals surface area contributed by atoms with Gasteiger partial charge in [0.2, 0.25) is 0 Å². The van der Waals surface area contributed by atoms with Crippen LogP contribution in [0.1, 0.15) is 16.6 Å². The van der Waals surface area contributed by atoms with Gasteiger partial charge in [0.15, 0.2) is 0 Å². The number of aliphatic hydroxyl groups excluding tert-OH is 1. The second kappa shape index (κ2) is 7.10. The molecule has 0 spiro atoms. The molecule has 0 aliphatic carbocycles. The van der Waals surface area contributed by atoms with Crippen LogP contribution in [0.2, 0.25) is 0 Å². The van der Waals surface area contributed by atoms with Crippen molar-refractivity contribution in [1.29, 1.82) is 0 Å². The lowest BCUT2D eigenvalue weighted by molar-refractivity contribution is 0.103. The van der Waals surface area contributed by atoms with E-state index in [9.17, 15) is 4.79 Å². The summed E-state index contributed by atoms with van der Waals surface area (Å²) in [5.74, 6) is -0.196. The summed E-state index contributed by atoms with van der Waals surface area (Å²) in [7, 11) is 0. The second-order valence-corrected chi connectivity index (χ2v) is 5.43. The number of thiophene rings is 1. The summed E-state index contributed by atoms with van der Waals surface area (Å²) in [6.07, 6.45) is 0. The smallest absolute Gasteiger partial charge is 0.267 e. The fourth-order valence-corrected chi connectivity index (χ4v) is 2.75. The molecule has 2 rings (SSSR count). The van der Waals surface area contributed by atoms with E-state index in [0.717, 1.165) is 17.9 Å². The molecule has 1 aromatic carbocycles. The van der Waals surface area contributed by atoms with Crippen LogP contribution in [0, 0.1) is 0 Å². The molecular formula is C15H19N3O2S. The van der Waals surface area contributed by atoms with Gasteiger partial charge in [0.05, 0.1) is 12.3 Å². The van der Waals surface area contributed by atoms with E-state index >= 15 is 0 Å². The number of nitrogens with zero attached hydrogens (tertiary/aromatic N) is 1. The fraction of sp³-hybridized carbons (Fsp3) is 0.267. The maximum absolute atomic E-state index is 12.0. The third-order valence-electron chi connectivity index (χ3n) is 3.14. The van der Waals surface area contributed by atoms with Gasteiger partial charge in [-0.2, -0.15) is 0 Å². The zero-order valence-electron chi connectivity index (χ0n) is 11.9. The number of nitrogens with two attached hydrogens (primary N) is 1. The van der Waals surface area contributed by atoms with E-state index in [1.165, 1.54) is 11.3 Å². The zero-order valence-corrected chi connectivity index (χ0v) is 12.7. The van der Waals surface area contributed by atoms with E-state index in [4.69, 9.17) is 10.8 Å². The second-order valence-electron chi connectivity index (χ2n) is 4.51. The van der Waals surface area contributed by atoms with E-state index < -0.39 is 0 Å². The number of carbonyl (C=O) groups is 1. The molecule has 5 nitrogen and oxygen atoms in total. The number of aliphatic hydroxyl groups is 1. The van der Waals surface area contributed by atoms with Gasteiger partial charge in [-0.3, -0.25) is 4.79 Å². The van der Waals surface area contributed by atoms with Crippen LogP contribution in [-0.2, 0) is 0 Å². The van der Waals surface area contributed by atoms with Gasteiger partial charge in [0, 0.05) is 24.5 Å². The van der Waals surface area contributed by atoms with Crippen LogP contribution >= 0.6 is 11.3 Å². The Morgan fingerprint density at radius 2 is 2.05 bits per heavy atom. The number of rotatable bonds is 6. The van der Waals surface area contributed by atoms with Gasteiger partial charge in [0.1, 0.15) is 4.88 Å². The van der Waals surface area contributed by atoms with Gasteiger partial charge >= 0.3 is 0 Å². The van der Waals surface area contributed by atoms with Crippen LogP contribution in [0.3, 0.4) is 0 Å². The van der Waals surface area contributed by atoms with E-state index in [2.05, 4.69) is 10.2 Å². The van der Waals surface area contributed by atoms with Crippen molar-refractivity contribution in [3.8, 4) is 0 Å². The zero-order chi connectivity index (χ0) is 15.2. The number of amides is 1. The maximum atomic E-state index is 12.0. The van der Waals surface area contributed by atoms with Gasteiger partial charge in [0.25, 0.3) is 5.91 Å². The van der Waals surface area contributed by atoms with Crippen LogP contribution in [0.25, 0.3) is 0 Å². The van der Waals surface area contributed by atoms with Gasteiger partial charge in [-0.05, 0) is 42.6 Å². The molecular weight excluding hydrogens is 286 g/mol. The third-order valence-corrected chi connectivity index (χ3v) is 4.07. The summed E-state index contributed by atoms with van der Waals surface area (Å²) < 4.78 is 0. The predicted octanol–water partition coefficient (Wildman–Crippen LogP) is 2.40. The van der Waals surface area contributed by atoms with E-state index in [1.54, 1.807) is 11.4 Å². The summed E-state index contributed by atoms with van der Waals surface area (Å²) >= 11 is 1.32. The van der Waals surface area contributed by atoms with Gasteiger partial charge < -0.3 is 21.1 Å². The van der Waals surface area contributed by atoms with Crippen molar-refractivity contribution in [2.75, 3.05) is 35.6 Å². The van der Waals surface area contributed by atoms with Gasteiger partial charge in [-0.25, -0.2) is 0 Å². The Hall–Kier alpha value is -2.05. The molecule has 1 amide bonds.